The monoisotopic (exact) mass is 230 g/mol. The van der Waals surface area contributed by atoms with Crippen LogP contribution in [0.3, 0.4) is 0 Å². The van der Waals surface area contributed by atoms with Crippen molar-refractivity contribution in [2.75, 3.05) is 6.61 Å². The van der Waals surface area contributed by atoms with Crippen LogP contribution in [0.1, 0.15) is 11.1 Å². The van der Waals surface area contributed by atoms with Crippen LogP contribution in [-0.4, -0.2) is 6.61 Å². The van der Waals surface area contributed by atoms with E-state index in [1.807, 2.05) is 18.2 Å². The molecule has 2 aromatic carbocycles. The van der Waals surface area contributed by atoms with Gasteiger partial charge in [0.1, 0.15) is 11.6 Å². The van der Waals surface area contributed by atoms with Gasteiger partial charge >= 0.3 is 0 Å². The van der Waals surface area contributed by atoms with Crippen molar-refractivity contribution in [1.29, 1.82) is 0 Å². The lowest BCUT2D eigenvalue weighted by Gasteiger charge is -2.07. The fraction of sp³-hybridized carbons (Fsp3) is 0.200. The zero-order valence-electron chi connectivity index (χ0n) is 9.82. The molecule has 88 valence electrons. The van der Waals surface area contributed by atoms with Gasteiger partial charge in [-0.3, -0.25) is 0 Å². The van der Waals surface area contributed by atoms with E-state index in [-0.39, 0.29) is 5.82 Å². The molecule has 1 nitrogen and oxygen atoms in total. The van der Waals surface area contributed by atoms with Crippen LogP contribution in [0.4, 0.5) is 4.39 Å². The second-order valence-electron chi connectivity index (χ2n) is 4.00. The molecular formula is C15H15FO. The number of rotatable bonds is 4. The van der Waals surface area contributed by atoms with E-state index in [0.717, 1.165) is 6.42 Å². The molecule has 0 bridgehead atoms. The average Bonchev–Trinajstić information content (AvgIpc) is 2.35. The lowest BCUT2D eigenvalue weighted by Crippen LogP contribution is -2.01. The van der Waals surface area contributed by atoms with E-state index < -0.39 is 0 Å². The molecule has 0 N–H and O–H groups in total. The maximum atomic E-state index is 13.2. The second kappa shape index (κ2) is 5.48. The van der Waals surface area contributed by atoms with Crippen LogP contribution in [0.15, 0.2) is 48.5 Å². The Morgan fingerprint density at radius 2 is 1.82 bits per heavy atom. The third kappa shape index (κ3) is 3.31. The third-order valence-corrected chi connectivity index (χ3v) is 2.65. The van der Waals surface area contributed by atoms with Gasteiger partial charge in [-0.15, -0.1) is 0 Å². The van der Waals surface area contributed by atoms with Crippen LogP contribution in [0.5, 0.6) is 5.75 Å². The minimum absolute atomic E-state index is 0.220. The molecule has 0 aliphatic rings. The van der Waals surface area contributed by atoms with E-state index in [0.29, 0.717) is 17.9 Å². The first-order valence-electron chi connectivity index (χ1n) is 5.68. The summed E-state index contributed by atoms with van der Waals surface area (Å²) in [5.41, 5.74) is 1.86. The van der Waals surface area contributed by atoms with Crippen molar-refractivity contribution >= 4 is 0 Å². The van der Waals surface area contributed by atoms with Crippen molar-refractivity contribution in [3.05, 3.63) is 65.5 Å². The van der Waals surface area contributed by atoms with Crippen molar-refractivity contribution in [3.8, 4) is 5.75 Å². The summed E-state index contributed by atoms with van der Waals surface area (Å²) in [6.45, 7) is 2.30. The van der Waals surface area contributed by atoms with Crippen LogP contribution >= 0.6 is 0 Å². The number of hydrogen-bond acceptors (Lipinski definition) is 1. The van der Waals surface area contributed by atoms with Gasteiger partial charge in [0.05, 0.1) is 6.61 Å². The first-order chi connectivity index (χ1) is 8.25. The molecule has 2 aromatic rings. The summed E-state index contributed by atoms with van der Waals surface area (Å²) in [5.74, 6) is 0.367. The predicted octanol–water partition coefficient (Wildman–Crippen LogP) is 3.76. The fourth-order valence-electron chi connectivity index (χ4n) is 1.59. The Morgan fingerprint density at radius 1 is 1.06 bits per heavy atom. The van der Waals surface area contributed by atoms with E-state index in [4.69, 9.17) is 4.74 Å². The molecule has 17 heavy (non-hydrogen) atoms. The van der Waals surface area contributed by atoms with Crippen molar-refractivity contribution in [2.45, 2.75) is 13.3 Å². The van der Waals surface area contributed by atoms with Crippen molar-refractivity contribution < 1.29 is 9.13 Å². The lowest BCUT2D eigenvalue weighted by molar-refractivity contribution is 0.320. The summed E-state index contributed by atoms with van der Waals surface area (Å²) in [7, 11) is 0. The van der Waals surface area contributed by atoms with Gasteiger partial charge in [0.2, 0.25) is 0 Å². The Kier molecular flexibility index (Phi) is 3.76. The van der Waals surface area contributed by atoms with Gasteiger partial charge in [-0.2, -0.15) is 0 Å². The zero-order valence-corrected chi connectivity index (χ0v) is 9.82. The summed E-state index contributed by atoms with van der Waals surface area (Å²) < 4.78 is 18.8. The molecule has 0 spiro atoms. The SMILES string of the molecule is Cc1ccc(OCCc2ccccc2)cc1F. The molecule has 0 fully saturated rings. The molecular weight excluding hydrogens is 215 g/mol. The highest BCUT2D eigenvalue weighted by atomic mass is 19.1. The van der Waals surface area contributed by atoms with Crippen molar-refractivity contribution in [1.82, 2.24) is 0 Å². The van der Waals surface area contributed by atoms with Gasteiger partial charge in [-0.25, -0.2) is 4.39 Å². The Bertz CT molecular complexity index is 480. The van der Waals surface area contributed by atoms with E-state index in [1.54, 1.807) is 19.1 Å². The molecule has 0 unspecified atom stereocenters. The number of halogens is 1. The molecule has 2 rings (SSSR count). The fourth-order valence-corrected chi connectivity index (χ4v) is 1.59. The molecule has 0 atom stereocenters. The number of ether oxygens (including phenoxy) is 1. The number of aryl methyl sites for hydroxylation is 1. The topological polar surface area (TPSA) is 9.23 Å². The van der Waals surface area contributed by atoms with Crippen LogP contribution in [-0.2, 0) is 6.42 Å². The van der Waals surface area contributed by atoms with Crippen LogP contribution in [0, 0.1) is 12.7 Å². The molecule has 0 heterocycles. The number of benzene rings is 2. The van der Waals surface area contributed by atoms with E-state index in [9.17, 15) is 4.39 Å². The maximum Gasteiger partial charge on any atom is 0.129 e. The van der Waals surface area contributed by atoms with Crippen LogP contribution < -0.4 is 4.74 Å². The molecule has 0 aliphatic carbocycles. The maximum absolute atomic E-state index is 13.2. The van der Waals surface area contributed by atoms with Gasteiger partial charge < -0.3 is 4.74 Å². The molecule has 0 radical (unpaired) electrons. The van der Waals surface area contributed by atoms with Crippen molar-refractivity contribution in [2.24, 2.45) is 0 Å². The van der Waals surface area contributed by atoms with Gasteiger partial charge in [0.15, 0.2) is 0 Å². The molecule has 0 saturated carbocycles. The highest BCUT2D eigenvalue weighted by molar-refractivity contribution is 5.28. The summed E-state index contributed by atoms with van der Waals surface area (Å²) >= 11 is 0. The predicted molar refractivity (Wildman–Crippen MR) is 66.8 cm³/mol. The Labute approximate surface area is 101 Å². The summed E-state index contributed by atoms with van der Waals surface area (Å²) in [6.07, 6.45) is 0.830. The van der Waals surface area contributed by atoms with Gasteiger partial charge in [0.25, 0.3) is 0 Å². The van der Waals surface area contributed by atoms with E-state index in [2.05, 4.69) is 12.1 Å². The zero-order chi connectivity index (χ0) is 12.1. The van der Waals surface area contributed by atoms with Gasteiger partial charge in [-0.1, -0.05) is 36.4 Å². The molecule has 0 saturated heterocycles. The standard InChI is InChI=1S/C15H15FO/c1-12-7-8-14(11-15(12)16)17-10-9-13-5-3-2-4-6-13/h2-8,11H,9-10H2,1H3. The van der Waals surface area contributed by atoms with Gasteiger partial charge in [0, 0.05) is 12.5 Å². The van der Waals surface area contributed by atoms with Gasteiger partial charge in [-0.05, 0) is 24.1 Å². The largest absolute Gasteiger partial charge is 0.493 e. The number of hydrogen-bond donors (Lipinski definition) is 0. The molecule has 0 aliphatic heterocycles. The molecule has 0 aromatic heterocycles. The Morgan fingerprint density at radius 3 is 2.53 bits per heavy atom. The van der Waals surface area contributed by atoms with Crippen molar-refractivity contribution in [3.63, 3.8) is 0 Å². The molecule has 2 heteroatoms. The summed E-state index contributed by atoms with van der Waals surface area (Å²) in [6, 6.07) is 15.1. The Balaban J connectivity index is 1.88. The first kappa shape index (κ1) is 11.6. The smallest absolute Gasteiger partial charge is 0.129 e. The lowest BCUT2D eigenvalue weighted by atomic mass is 10.2. The quantitative estimate of drug-likeness (QED) is 0.777. The summed E-state index contributed by atoms with van der Waals surface area (Å²) in [5, 5.41) is 0. The van der Waals surface area contributed by atoms with E-state index >= 15 is 0 Å². The Hall–Kier alpha value is -1.83. The first-order valence-corrected chi connectivity index (χ1v) is 5.68. The normalized spacial score (nSPS) is 10.2. The summed E-state index contributed by atoms with van der Waals surface area (Å²) in [4.78, 5) is 0. The highest BCUT2D eigenvalue weighted by Crippen LogP contribution is 2.16. The molecule has 0 amide bonds. The second-order valence-corrected chi connectivity index (χ2v) is 4.00. The average molecular weight is 230 g/mol. The highest BCUT2D eigenvalue weighted by Gasteiger charge is 2.00. The van der Waals surface area contributed by atoms with Crippen LogP contribution in [0.2, 0.25) is 0 Å². The minimum Gasteiger partial charge on any atom is -0.493 e. The van der Waals surface area contributed by atoms with Crippen LogP contribution in [0.25, 0.3) is 0 Å². The van der Waals surface area contributed by atoms with E-state index in [1.165, 1.54) is 11.6 Å². The minimum atomic E-state index is -0.220. The third-order valence-electron chi connectivity index (χ3n) is 2.65.